The Morgan fingerprint density at radius 2 is 1.94 bits per heavy atom. The standard InChI is InChI=1S/C15H24O2/c1-2-3-9-12-15(17)13-10-7-5-4-6-8-11-14-16/h5,7,14-15,17H,2-4,6,8-9,11-12H2,1H3/b7-5-. The SMILES string of the molecule is CCCCCC(O)C#C/C=C\CCCCC=O. The van der Waals surface area contributed by atoms with Crippen molar-refractivity contribution in [3.63, 3.8) is 0 Å². The van der Waals surface area contributed by atoms with Crippen molar-refractivity contribution >= 4 is 6.29 Å². The van der Waals surface area contributed by atoms with E-state index in [1.165, 1.54) is 6.42 Å². The number of allylic oxidation sites excluding steroid dienone is 2. The summed E-state index contributed by atoms with van der Waals surface area (Å²) in [7, 11) is 0. The van der Waals surface area contributed by atoms with Gasteiger partial charge in [0.05, 0.1) is 0 Å². The van der Waals surface area contributed by atoms with Crippen LogP contribution < -0.4 is 0 Å². The Bertz CT molecular complexity index is 258. The molecule has 0 radical (unpaired) electrons. The van der Waals surface area contributed by atoms with Gasteiger partial charge in [-0.2, -0.15) is 0 Å². The van der Waals surface area contributed by atoms with Crippen molar-refractivity contribution in [3.8, 4) is 11.8 Å². The lowest BCUT2D eigenvalue weighted by molar-refractivity contribution is -0.107. The first-order valence-corrected chi connectivity index (χ1v) is 6.59. The molecule has 2 heteroatoms. The minimum Gasteiger partial charge on any atom is -0.380 e. The maximum absolute atomic E-state index is 10.1. The van der Waals surface area contributed by atoms with Crippen LogP contribution in [0.3, 0.4) is 0 Å². The van der Waals surface area contributed by atoms with E-state index in [0.29, 0.717) is 6.42 Å². The molecule has 0 rings (SSSR count). The molecule has 0 aliphatic carbocycles. The molecule has 1 atom stereocenters. The van der Waals surface area contributed by atoms with Crippen molar-refractivity contribution in [2.75, 3.05) is 0 Å². The van der Waals surface area contributed by atoms with E-state index in [1.54, 1.807) is 6.08 Å². The Morgan fingerprint density at radius 1 is 1.18 bits per heavy atom. The summed E-state index contributed by atoms with van der Waals surface area (Å²) in [4.78, 5) is 10.1. The van der Waals surface area contributed by atoms with Gasteiger partial charge in [0.25, 0.3) is 0 Å². The first-order chi connectivity index (χ1) is 8.31. The minimum atomic E-state index is -0.485. The lowest BCUT2D eigenvalue weighted by Gasteiger charge is -2.00. The van der Waals surface area contributed by atoms with E-state index in [9.17, 15) is 9.90 Å². The molecule has 1 N–H and O–H groups in total. The molecule has 0 bridgehead atoms. The molecular formula is C15H24O2. The number of aldehydes is 1. The summed E-state index contributed by atoms with van der Waals surface area (Å²) in [6, 6.07) is 0. The molecule has 2 nitrogen and oxygen atoms in total. The van der Waals surface area contributed by atoms with Crippen LogP contribution >= 0.6 is 0 Å². The van der Waals surface area contributed by atoms with Gasteiger partial charge in [-0.3, -0.25) is 0 Å². The average molecular weight is 236 g/mol. The van der Waals surface area contributed by atoms with E-state index in [-0.39, 0.29) is 0 Å². The lowest BCUT2D eigenvalue weighted by atomic mass is 10.1. The van der Waals surface area contributed by atoms with Gasteiger partial charge in [0.15, 0.2) is 0 Å². The smallest absolute Gasteiger partial charge is 0.119 e. The Labute approximate surface area is 105 Å². The van der Waals surface area contributed by atoms with Crippen molar-refractivity contribution in [3.05, 3.63) is 12.2 Å². The zero-order valence-corrected chi connectivity index (χ0v) is 10.8. The monoisotopic (exact) mass is 236 g/mol. The van der Waals surface area contributed by atoms with Gasteiger partial charge < -0.3 is 9.90 Å². The van der Waals surface area contributed by atoms with Gasteiger partial charge in [-0.1, -0.05) is 37.7 Å². The highest BCUT2D eigenvalue weighted by Gasteiger charge is 1.96. The Hall–Kier alpha value is -1.07. The fraction of sp³-hybridized carbons (Fsp3) is 0.667. The zero-order valence-electron chi connectivity index (χ0n) is 10.8. The highest BCUT2D eigenvalue weighted by Crippen LogP contribution is 2.02. The van der Waals surface area contributed by atoms with Crippen molar-refractivity contribution < 1.29 is 9.90 Å². The van der Waals surface area contributed by atoms with Crippen molar-refractivity contribution in [2.24, 2.45) is 0 Å². The molecule has 0 fully saturated rings. The van der Waals surface area contributed by atoms with E-state index in [1.807, 2.05) is 6.08 Å². The van der Waals surface area contributed by atoms with Gasteiger partial charge in [0, 0.05) is 6.42 Å². The van der Waals surface area contributed by atoms with Crippen LogP contribution in [0, 0.1) is 11.8 Å². The van der Waals surface area contributed by atoms with Crippen molar-refractivity contribution in [1.29, 1.82) is 0 Å². The van der Waals surface area contributed by atoms with Gasteiger partial charge >= 0.3 is 0 Å². The summed E-state index contributed by atoms with van der Waals surface area (Å²) >= 11 is 0. The van der Waals surface area contributed by atoms with E-state index >= 15 is 0 Å². The topological polar surface area (TPSA) is 37.3 Å². The summed E-state index contributed by atoms with van der Waals surface area (Å²) in [6.45, 7) is 2.14. The maximum Gasteiger partial charge on any atom is 0.119 e. The Kier molecular flexibility index (Phi) is 12.2. The molecule has 1 unspecified atom stereocenters. The summed E-state index contributed by atoms with van der Waals surface area (Å²) < 4.78 is 0. The maximum atomic E-state index is 10.1. The molecule has 0 aliphatic heterocycles. The van der Waals surface area contributed by atoms with Gasteiger partial charge in [-0.25, -0.2) is 0 Å². The molecule has 0 spiro atoms. The number of hydrogen-bond donors (Lipinski definition) is 1. The van der Waals surface area contributed by atoms with Crippen molar-refractivity contribution in [1.82, 2.24) is 0 Å². The van der Waals surface area contributed by atoms with E-state index in [0.717, 1.165) is 44.8 Å². The van der Waals surface area contributed by atoms with Crippen LogP contribution in [0.5, 0.6) is 0 Å². The summed E-state index contributed by atoms with van der Waals surface area (Å²) in [5, 5.41) is 9.50. The molecule has 0 heterocycles. The summed E-state index contributed by atoms with van der Waals surface area (Å²) in [5.41, 5.74) is 0. The molecule has 0 saturated heterocycles. The molecule has 0 aromatic carbocycles. The van der Waals surface area contributed by atoms with Crippen LogP contribution in [0.1, 0.15) is 58.3 Å². The second kappa shape index (κ2) is 13.0. The number of rotatable bonds is 9. The average Bonchev–Trinajstić information content (AvgIpc) is 2.33. The van der Waals surface area contributed by atoms with E-state index in [4.69, 9.17) is 0 Å². The zero-order chi connectivity index (χ0) is 12.8. The third kappa shape index (κ3) is 12.9. The first kappa shape index (κ1) is 15.9. The van der Waals surface area contributed by atoms with Gasteiger partial charge in [-0.15, -0.1) is 0 Å². The predicted octanol–water partition coefficient (Wildman–Crippen LogP) is 3.25. The molecule has 17 heavy (non-hydrogen) atoms. The lowest BCUT2D eigenvalue weighted by Crippen LogP contribution is -2.01. The largest absolute Gasteiger partial charge is 0.380 e. The molecule has 0 aliphatic rings. The van der Waals surface area contributed by atoms with Crippen LogP contribution in [0.25, 0.3) is 0 Å². The van der Waals surface area contributed by atoms with Crippen molar-refractivity contribution in [2.45, 2.75) is 64.4 Å². The van der Waals surface area contributed by atoms with Crippen LogP contribution in [0.4, 0.5) is 0 Å². The number of hydrogen-bond acceptors (Lipinski definition) is 2. The van der Waals surface area contributed by atoms with Crippen LogP contribution in [-0.2, 0) is 4.79 Å². The van der Waals surface area contributed by atoms with E-state index < -0.39 is 6.10 Å². The number of carbonyl (C=O) groups excluding carboxylic acids is 1. The Balaban J connectivity index is 3.50. The van der Waals surface area contributed by atoms with Crippen LogP contribution in [0.2, 0.25) is 0 Å². The molecule has 0 aromatic rings. The third-order valence-corrected chi connectivity index (χ3v) is 2.48. The fourth-order valence-corrected chi connectivity index (χ4v) is 1.44. The van der Waals surface area contributed by atoms with Gasteiger partial charge in [0.1, 0.15) is 12.4 Å². The highest BCUT2D eigenvalue weighted by molar-refractivity contribution is 5.48. The third-order valence-electron chi connectivity index (χ3n) is 2.48. The number of aliphatic hydroxyl groups is 1. The highest BCUT2D eigenvalue weighted by atomic mass is 16.3. The fourth-order valence-electron chi connectivity index (χ4n) is 1.44. The summed E-state index contributed by atoms with van der Waals surface area (Å²) in [5.74, 6) is 5.66. The second-order valence-electron chi connectivity index (χ2n) is 4.15. The molecular weight excluding hydrogens is 212 g/mol. The van der Waals surface area contributed by atoms with Gasteiger partial charge in [-0.05, 0) is 38.2 Å². The van der Waals surface area contributed by atoms with Crippen LogP contribution in [-0.4, -0.2) is 17.5 Å². The normalized spacial score (nSPS) is 12.1. The Morgan fingerprint density at radius 3 is 2.65 bits per heavy atom. The van der Waals surface area contributed by atoms with E-state index in [2.05, 4.69) is 18.8 Å². The summed E-state index contributed by atoms with van der Waals surface area (Å²) in [6.07, 6.45) is 12.0. The van der Waals surface area contributed by atoms with Crippen LogP contribution in [0.15, 0.2) is 12.2 Å². The first-order valence-electron chi connectivity index (χ1n) is 6.59. The number of unbranched alkanes of at least 4 members (excludes halogenated alkanes) is 5. The quantitative estimate of drug-likeness (QED) is 0.379. The molecule has 0 amide bonds. The minimum absolute atomic E-state index is 0.485. The number of aliphatic hydroxyl groups excluding tert-OH is 1. The second-order valence-corrected chi connectivity index (χ2v) is 4.15. The number of carbonyl (C=O) groups is 1. The molecule has 0 saturated carbocycles. The van der Waals surface area contributed by atoms with Gasteiger partial charge in [0.2, 0.25) is 0 Å². The predicted molar refractivity (Wildman–Crippen MR) is 71.6 cm³/mol. The molecule has 0 aromatic heterocycles. The molecule has 96 valence electrons.